The first-order chi connectivity index (χ1) is 15.0. The van der Waals surface area contributed by atoms with Gasteiger partial charge in [0, 0.05) is 44.6 Å². The van der Waals surface area contributed by atoms with Crippen molar-refractivity contribution in [3.05, 3.63) is 54.1 Å². The Morgan fingerprint density at radius 3 is 2.71 bits per heavy atom. The van der Waals surface area contributed by atoms with Gasteiger partial charge in [0.25, 0.3) is 0 Å². The predicted octanol–water partition coefficient (Wildman–Crippen LogP) is 3.32. The van der Waals surface area contributed by atoms with E-state index in [9.17, 15) is 9.59 Å². The standard InChI is InChI=1S/C24H31N3O4/c1-27(2)24(29)12-11-18-6-3-8-20(14-18)26-23(28)16-25-19-7-4-9-21(15-19)31-17-22-10-5-13-30-22/h3-4,6-9,14-15,22,25H,5,10-13,16-17H2,1-2H3,(H,26,28). The summed E-state index contributed by atoms with van der Waals surface area (Å²) in [7, 11) is 3.50. The van der Waals surface area contributed by atoms with Crippen LogP contribution in [0.4, 0.5) is 11.4 Å². The third-order valence-electron chi connectivity index (χ3n) is 5.08. The van der Waals surface area contributed by atoms with Gasteiger partial charge in [-0.2, -0.15) is 0 Å². The number of rotatable bonds is 10. The molecule has 31 heavy (non-hydrogen) atoms. The number of nitrogens with zero attached hydrogens (tertiary/aromatic N) is 1. The molecule has 7 nitrogen and oxygen atoms in total. The Labute approximate surface area is 183 Å². The Bertz CT molecular complexity index is 879. The van der Waals surface area contributed by atoms with Gasteiger partial charge in [-0.05, 0) is 49.1 Å². The highest BCUT2D eigenvalue weighted by molar-refractivity contribution is 5.93. The van der Waals surface area contributed by atoms with E-state index < -0.39 is 0 Å². The molecular formula is C24H31N3O4. The van der Waals surface area contributed by atoms with Crippen LogP contribution in [0.25, 0.3) is 0 Å². The molecule has 2 aromatic carbocycles. The van der Waals surface area contributed by atoms with Crippen LogP contribution >= 0.6 is 0 Å². The third-order valence-corrected chi connectivity index (χ3v) is 5.08. The summed E-state index contributed by atoms with van der Waals surface area (Å²) in [5.41, 5.74) is 2.54. The second kappa shape index (κ2) is 11.4. The lowest BCUT2D eigenvalue weighted by Crippen LogP contribution is -2.22. The lowest BCUT2D eigenvalue weighted by molar-refractivity contribution is -0.128. The molecule has 1 fully saturated rings. The topological polar surface area (TPSA) is 79.9 Å². The van der Waals surface area contributed by atoms with E-state index in [1.165, 1.54) is 0 Å². The number of carbonyl (C=O) groups is 2. The number of nitrogens with one attached hydrogen (secondary N) is 2. The van der Waals surface area contributed by atoms with E-state index in [0.717, 1.165) is 42.1 Å². The quantitative estimate of drug-likeness (QED) is 0.611. The van der Waals surface area contributed by atoms with E-state index in [0.29, 0.717) is 19.4 Å². The minimum atomic E-state index is -0.146. The average molecular weight is 426 g/mol. The van der Waals surface area contributed by atoms with Crippen LogP contribution in [0.3, 0.4) is 0 Å². The zero-order valence-corrected chi connectivity index (χ0v) is 18.2. The van der Waals surface area contributed by atoms with Crippen LogP contribution in [-0.2, 0) is 20.7 Å². The van der Waals surface area contributed by atoms with Crippen molar-refractivity contribution in [3.63, 3.8) is 0 Å². The molecule has 1 aliphatic rings. The molecule has 0 aliphatic carbocycles. The van der Waals surface area contributed by atoms with E-state index in [-0.39, 0.29) is 24.5 Å². The molecule has 2 N–H and O–H groups in total. The molecule has 3 rings (SSSR count). The highest BCUT2D eigenvalue weighted by atomic mass is 16.5. The van der Waals surface area contributed by atoms with Gasteiger partial charge in [-0.3, -0.25) is 9.59 Å². The molecular weight excluding hydrogens is 394 g/mol. The first kappa shape index (κ1) is 22.6. The smallest absolute Gasteiger partial charge is 0.243 e. The maximum absolute atomic E-state index is 12.4. The number of carbonyl (C=O) groups excluding carboxylic acids is 2. The van der Waals surface area contributed by atoms with Gasteiger partial charge < -0.3 is 25.0 Å². The van der Waals surface area contributed by atoms with Crippen molar-refractivity contribution in [2.24, 2.45) is 0 Å². The largest absolute Gasteiger partial charge is 0.491 e. The van der Waals surface area contributed by atoms with Crippen LogP contribution in [0.5, 0.6) is 5.75 Å². The molecule has 2 amide bonds. The van der Waals surface area contributed by atoms with Gasteiger partial charge in [0.1, 0.15) is 12.4 Å². The van der Waals surface area contributed by atoms with Gasteiger partial charge in [0.2, 0.25) is 11.8 Å². The van der Waals surface area contributed by atoms with Gasteiger partial charge in [0.15, 0.2) is 0 Å². The Morgan fingerprint density at radius 1 is 1.13 bits per heavy atom. The number of hydrogen-bond acceptors (Lipinski definition) is 5. The second-order valence-corrected chi connectivity index (χ2v) is 7.86. The fraction of sp³-hybridized carbons (Fsp3) is 0.417. The number of ether oxygens (including phenoxy) is 2. The average Bonchev–Trinajstić information content (AvgIpc) is 3.29. The predicted molar refractivity (Wildman–Crippen MR) is 121 cm³/mol. The van der Waals surface area contributed by atoms with Crippen LogP contribution < -0.4 is 15.4 Å². The fourth-order valence-electron chi connectivity index (χ4n) is 3.33. The second-order valence-electron chi connectivity index (χ2n) is 7.86. The molecule has 2 aromatic rings. The maximum Gasteiger partial charge on any atom is 0.243 e. The monoisotopic (exact) mass is 425 g/mol. The molecule has 0 bridgehead atoms. The van der Waals surface area contributed by atoms with Gasteiger partial charge >= 0.3 is 0 Å². The highest BCUT2D eigenvalue weighted by Gasteiger charge is 2.16. The van der Waals surface area contributed by atoms with E-state index in [4.69, 9.17) is 9.47 Å². The van der Waals surface area contributed by atoms with Crippen LogP contribution in [0.1, 0.15) is 24.8 Å². The van der Waals surface area contributed by atoms with Gasteiger partial charge in [0.05, 0.1) is 12.6 Å². The Kier molecular flexibility index (Phi) is 8.29. The minimum absolute atomic E-state index is 0.0839. The maximum atomic E-state index is 12.4. The van der Waals surface area contributed by atoms with Crippen molar-refractivity contribution < 1.29 is 19.1 Å². The van der Waals surface area contributed by atoms with E-state index >= 15 is 0 Å². The lowest BCUT2D eigenvalue weighted by atomic mass is 10.1. The zero-order valence-electron chi connectivity index (χ0n) is 18.2. The number of amides is 2. The minimum Gasteiger partial charge on any atom is -0.491 e. The molecule has 0 saturated carbocycles. The fourth-order valence-corrected chi connectivity index (χ4v) is 3.33. The Balaban J connectivity index is 1.45. The van der Waals surface area contributed by atoms with Crippen LogP contribution in [0.2, 0.25) is 0 Å². The number of aryl methyl sites for hydroxylation is 1. The summed E-state index contributed by atoms with van der Waals surface area (Å²) < 4.78 is 11.4. The molecule has 166 valence electrons. The Morgan fingerprint density at radius 2 is 1.94 bits per heavy atom. The van der Waals surface area contributed by atoms with E-state index in [2.05, 4.69) is 10.6 Å². The summed E-state index contributed by atoms with van der Waals surface area (Å²) >= 11 is 0. The van der Waals surface area contributed by atoms with Crippen LogP contribution in [-0.4, -0.2) is 56.7 Å². The van der Waals surface area contributed by atoms with Gasteiger partial charge in [-0.15, -0.1) is 0 Å². The van der Waals surface area contributed by atoms with Crippen LogP contribution in [0.15, 0.2) is 48.5 Å². The van der Waals surface area contributed by atoms with Gasteiger partial charge in [-0.25, -0.2) is 0 Å². The van der Waals surface area contributed by atoms with Crippen molar-refractivity contribution in [2.45, 2.75) is 31.8 Å². The summed E-state index contributed by atoms with van der Waals surface area (Å²) in [5, 5.41) is 6.02. The van der Waals surface area contributed by atoms with Gasteiger partial charge in [-0.1, -0.05) is 18.2 Å². The molecule has 0 aromatic heterocycles. The van der Waals surface area contributed by atoms with Crippen molar-refractivity contribution in [1.82, 2.24) is 4.90 Å². The van der Waals surface area contributed by atoms with Crippen molar-refractivity contribution in [1.29, 1.82) is 0 Å². The SMILES string of the molecule is CN(C)C(=O)CCc1cccc(NC(=O)CNc2cccc(OCC3CCCO3)c2)c1. The van der Waals surface area contributed by atoms with E-state index in [1.807, 2.05) is 48.5 Å². The van der Waals surface area contributed by atoms with Crippen LogP contribution in [0, 0.1) is 0 Å². The number of benzene rings is 2. The first-order valence-electron chi connectivity index (χ1n) is 10.7. The molecule has 0 radical (unpaired) electrons. The molecule has 1 aliphatic heterocycles. The lowest BCUT2D eigenvalue weighted by Gasteiger charge is -2.13. The molecule has 7 heteroatoms. The number of hydrogen-bond donors (Lipinski definition) is 2. The molecule has 1 unspecified atom stereocenters. The molecule has 0 spiro atoms. The van der Waals surface area contributed by atoms with E-state index in [1.54, 1.807) is 19.0 Å². The Hall–Kier alpha value is -3.06. The highest BCUT2D eigenvalue weighted by Crippen LogP contribution is 2.20. The summed E-state index contributed by atoms with van der Waals surface area (Å²) in [4.78, 5) is 25.7. The normalized spacial score (nSPS) is 15.4. The van der Waals surface area contributed by atoms with Crippen molar-refractivity contribution in [3.8, 4) is 5.75 Å². The summed E-state index contributed by atoms with van der Waals surface area (Å²) in [5.74, 6) is 0.689. The molecule has 1 heterocycles. The summed E-state index contributed by atoms with van der Waals surface area (Å²) in [6.45, 7) is 1.49. The molecule has 1 atom stereocenters. The van der Waals surface area contributed by atoms with Crippen molar-refractivity contribution >= 4 is 23.2 Å². The first-order valence-corrected chi connectivity index (χ1v) is 10.7. The summed E-state index contributed by atoms with van der Waals surface area (Å²) in [6, 6.07) is 15.1. The molecule has 1 saturated heterocycles. The third kappa shape index (κ3) is 7.61. The van der Waals surface area contributed by atoms with Crippen molar-refractivity contribution in [2.75, 3.05) is 44.5 Å². The summed E-state index contributed by atoms with van der Waals surface area (Å²) in [6.07, 6.45) is 3.36. The number of anilines is 2. The zero-order chi connectivity index (χ0) is 22.1.